The summed E-state index contributed by atoms with van der Waals surface area (Å²) in [5, 5.41) is 4.38. The lowest BCUT2D eigenvalue weighted by atomic mass is 10.1. The van der Waals surface area contributed by atoms with E-state index in [4.69, 9.17) is 0 Å². The molecule has 0 bridgehead atoms. The zero-order valence-electron chi connectivity index (χ0n) is 13.8. The molecule has 0 aliphatic rings. The normalized spacial score (nSPS) is 12.5. The van der Waals surface area contributed by atoms with Crippen LogP contribution in [0.25, 0.3) is 10.9 Å². The molecule has 3 nitrogen and oxygen atoms in total. The quantitative estimate of drug-likeness (QED) is 0.654. The minimum absolute atomic E-state index is 0.184. The first-order valence-electron chi connectivity index (χ1n) is 8.55. The number of nitrogens with one attached hydrogen (secondary N) is 2. The smallest absolute Gasteiger partial charge is 0.220 e. The standard InChI is InChI=1S/C19H28N2O/c1-3-4-5-9-15(2)21-19(22)13-8-10-16-14-20-18-12-7-6-11-17(16)18/h6-7,11-12,14-15,20H,3-5,8-10,13H2,1-2H3,(H,21,22). The number of carbonyl (C=O) groups excluding carboxylic acids is 1. The summed E-state index contributed by atoms with van der Waals surface area (Å²) in [6.07, 6.45) is 9.28. The molecule has 1 amide bonds. The fourth-order valence-corrected chi connectivity index (χ4v) is 2.90. The van der Waals surface area contributed by atoms with E-state index in [0.29, 0.717) is 12.5 Å². The number of unbranched alkanes of at least 4 members (excludes halogenated alkanes) is 2. The molecule has 1 heterocycles. The molecule has 2 N–H and O–H groups in total. The second-order valence-electron chi connectivity index (χ2n) is 6.18. The van der Waals surface area contributed by atoms with Gasteiger partial charge in [-0.25, -0.2) is 0 Å². The average Bonchev–Trinajstić information content (AvgIpc) is 2.91. The number of fused-ring (bicyclic) bond motifs is 1. The Bertz CT molecular complexity index is 588. The Hall–Kier alpha value is -1.77. The topological polar surface area (TPSA) is 44.9 Å². The Balaban J connectivity index is 1.70. The lowest BCUT2D eigenvalue weighted by Crippen LogP contribution is -2.32. The van der Waals surface area contributed by atoms with E-state index in [1.165, 1.54) is 35.7 Å². The molecular formula is C19H28N2O. The van der Waals surface area contributed by atoms with Crippen molar-refractivity contribution in [3.63, 3.8) is 0 Å². The minimum Gasteiger partial charge on any atom is -0.361 e. The van der Waals surface area contributed by atoms with Crippen molar-refractivity contribution in [1.82, 2.24) is 10.3 Å². The van der Waals surface area contributed by atoms with Crippen LogP contribution in [-0.2, 0) is 11.2 Å². The van der Waals surface area contributed by atoms with Gasteiger partial charge in [0.15, 0.2) is 0 Å². The Morgan fingerprint density at radius 1 is 1.23 bits per heavy atom. The van der Waals surface area contributed by atoms with Gasteiger partial charge >= 0.3 is 0 Å². The molecule has 0 saturated carbocycles. The molecule has 2 aromatic rings. The summed E-state index contributed by atoms with van der Waals surface area (Å²) in [6.45, 7) is 4.31. The van der Waals surface area contributed by atoms with Crippen molar-refractivity contribution in [3.05, 3.63) is 36.0 Å². The van der Waals surface area contributed by atoms with Gasteiger partial charge in [-0.2, -0.15) is 0 Å². The van der Waals surface area contributed by atoms with E-state index >= 15 is 0 Å². The van der Waals surface area contributed by atoms with E-state index in [-0.39, 0.29) is 5.91 Å². The summed E-state index contributed by atoms with van der Waals surface area (Å²) in [4.78, 5) is 15.2. The first-order valence-corrected chi connectivity index (χ1v) is 8.55. The van der Waals surface area contributed by atoms with Gasteiger partial charge in [-0.15, -0.1) is 0 Å². The zero-order chi connectivity index (χ0) is 15.8. The number of hydrogen-bond donors (Lipinski definition) is 2. The van der Waals surface area contributed by atoms with Gasteiger partial charge in [0, 0.05) is 29.6 Å². The van der Waals surface area contributed by atoms with E-state index < -0.39 is 0 Å². The van der Waals surface area contributed by atoms with Gasteiger partial charge in [0.2, 0.25) is 5.91 Å². The van der Waals surface area contributed by atoms with Crippen LogP contribution < -0.4 is 5.32 Å². The molecule has 3 heteroatoms. The number of para-hydroxylation sites is 1. The summed E-state index contributed by atoms with van der Waals surface area (Å²) in [7, 11) is 0. The third kappa shape index (κ3) is 4.90. The molecule has 1 unspecified atom stereocenters. The van der Waals surface area contributed by atoms with Crippen LogP contribution in [-0.4, -0.2) is 16.9 Å². The summed E-state index contributed by atoms with van der Waals surface area (Å²) in [5.41, 5.74) is 2.48. The van der Waals surface area contributed by atoms with Crippen LogP contribution in [0.15, 0.2) is 30.5 Å². The Kier molecular flexibility index (Phi) is 6.50. The van der Waals surface area contributed by atoms with Crippen molar-refractivity contribution in [3.8, 4) is 0 Å². The second kappa shape index (κ2) is 8.62. The minimum atomic E-state index is 0.184. The molecule has 0 aliphatic heterocycles. The van der Waals surface area contributed by atoms with Crippen LogP contribution >= 0.6 is 0 Å². The van der Waals surface area contributed by atoms with Gasteiger partial charge in [0.25, 0.3) is 0 Å². The van der Waals surface area contributed by atoms with Crippen LogP contribution in [0.4, 0.5) is 0 Å². The van der Waals surface area contributed by atoms with Gasteiger partial charge < -0.3 is 10.3 Å². The van der Waals surface area contributed by atoms with E-state index in [2.05, 4.69) is 48.5 Å². The number of carbonyl (C=O) groups is 1. The largest absolute Gasteiger partial charge is 0.361 e. The summed E-state index contributed by atoms with van der Waals surface area (Å²) >= 11 is 0. The van der Waals surface area contributed by atoms with Crippen molar-refractivity contribution in [1.29, 1.82) is 0 Å². The Morgan fingerprint density at radius 3 is 2.86 bits per heavy atom. The van der Waals surface area contributed by atoms with Crippen molar-refractivity contribution in [2.24, 2.45) is 0 Å². The molecule has 0 spiro atoms. The highest BCUT2D eigenvalue weighted by atomic mass is 16.1. The highest BCUT2D eigenvalue weighted by molar-refractivity contribution is 5.83. The van der Waals surface area contributed by atoms with Gasteiger partial charge in [0.1, 0.15) is 0 Å². The maximum absolute atomic E-state index is 12.0. The number of aromatic amines is 1. The first kappa shape index (κ1) is 16.6. The summed E-state index contributed by atoms with van der Waals surface area (Å²) in [6, 6.07) is 8.62. The molecule has 0 fully saturated rings. The van der Waals surface area contributed by atoms with Gasteiger partial charge in [-0.3, -0.25) is 4.79 Å². The molecule has 1 atom stereocenters. The molecule has 120 valence electrons. The SMILES string of the molecule is CCCCCC(C)NC(=O)CCCc1c[nH]c2ccccc12. The van der Waals surface area contributed by atoms with Crippen LogP contribution in [0.5, 0.6) is 0 Å². The van der Waals surface area contributed by atoms with E-state index in [1.807, 2.05) is 6.07 Å². The van der Waals surface area contributed by atoms with Crippen molar-refractivity contribution >= 4 is 16.8 Å². The van der Waals surface area contributed by atoms with E-state index in [0.717, 1.165) is 19.3 Å². The zero-order valence-corrected chi connectivity index (χ0v) is 13.8. The summed E-state index contributed by atoms with van der Waals surface area (Å²) in [5.74, 6) is 0.184. The number of aromatic nitrogens is 1. The number of aryl methyl sites for hydroxylation is 1. The van der Waals surface area contributed by atoms with E-state index in [9.17, 15) is 4.79 Å². The maximum atomic E-state index is 12.0. The number of benzene rings is 1. The Morgan fingerprint density at radius 2 is 2.05 bits per heavy atom. The van der Waals surface area contributed by atoms with Gasteiger partial charge in [0.05, 0.1) is 0 Å². The van der Waals surface area contributed by atoms with Crippen LogP contribution in [0.3, 0.4) is 0 Å². The number of hydrogen-bond acceptors (Lipinski definition) is 1. The second-order valence-corrected chi connectivity index (χ2v) is 6.18. The predicted molar refractivity (Wildman–Crippen MR) is 93.0 cm³/mol. The Labute approximate surface area is 133 Å². The van der Waals surface area contributed by atoms with Crippen LogP contribution in [0.2, 0.25) is 0 Å². The summed E-state index contributed by atoms with van der Waals surface area (Å²) < 4.78 is 0. The lowest BCUT2D eigenvalue weighted by molar-refractivity contribution is -0.121. The molecule has 0 saturated heterocycles. The fourth-order valence-electron chi connectivity index (χ4n) is 2.90. The molecule has 1 aromatic carbocycles. The molecular weight excluding hydrogens is 272 g/mol. The average molecular weight is 300 g/mol. The molecule has 2 rings (SSSR count). The molecule has 0 aliphatic carbocycles. The lowest BCUT2D eigenvalue weighted by Gasteiger charge is -2.13. The fraction of sp³-hybridized carbons (Fsp3) is 0.526. The third-order valence-corrected chi connectivity index (χ3v) is 4.17. The number of H-pyrrole nitrogens is 1. The third-order valence-electron chi connectivity index (χ3n) is 4.17. The van der Waals surface area contributed by atoms with Crippen molar-refractivity contribution < 1.29 is 4.79 Å². The van der Waals surface area contributed by atoms with Crippen LogP contribution in [0.1, 0.15) is 57.9 Å². The molecule has 1 aromatic heterocycles. The highest BCUT2D eigenvalue weighted by Crippen LogP contribution is 2.19. The predicted octanol–water partition coefficient (Wildman–Crippen LogP) is 4.58. The highest BCUT2D eigenvalue weighted by Gasteiger charge is 2.08. The van der Waals surface area contributed by atoms with Crippen LogP contribution in [0, 0.1) is 0 Å². The molecule has 0 radical (unpaired) electrons. The maximum Gasteiger partial charge on any atom is 0.220 e. The van der Waals surface area contributed by atoms with E-state index in [1.54, 1.807) is 0 Å². The van der Waals surface area contributed by atoms with Crippen molar-refractivity contribution in [2.75, 3.05) is 0 Å². The number of rotatable bonds is 9. The van der Waals surface area contributed by atoms with Gasteiger partial charge in [-0.1, -0.05) is 44.4 Å². The monoisotopic (exact) mass is 300 g/mol. The first-order chi connectivity index (χ1) is 10.7. The molecule has 22 heavy (non-hydrogen) atoms. The van der Waals surface area contributed by atoms with Gasteiger partial charge in [-0.05, 0) is 37.8 Å². The number of amides is 1. The van der Waals surface area contributed by atoms with Crippen molar-refractivity contribution in [2.45, 2.75) is 64.8 Å².